The molecule has 2 saturated carbocycles. The van der Waals surface area contributed by atoms with Gasteiger partial charge in [-0.2, -0.15) is 0 Å². The molecule has 0 bridgehead atoms. The monoisotopic (exact) mass is 474 g/mol. The number of benzene rings is 2. The van der Waals surface area contributed by atoms with Crippen molar-refractivity contribution in [2.45, 2.75) is 44.6 Å². The Kier molecular flexibility index (Phi) is 4.95. The number of carboxylic acid groups (broad SMARTS) is 1. The minimum atomic E-state index is -0.803. The highest BCUT2D eigenvalue weighted by atomic mass is 16.5. The molecule has 3 fully saturated rings. The lowest BCUT2D eigenvalue weighted by atomic mass is 9.83. The number of likely N-dealkylation sites (tertiary alicyclic amines) is 1. The first kappa shape index (κ1) is 22.1. The molecule has 3 aliphatic carbocycles. The van der Waals surface area contributed by atoms with E-state index in [1.807, 2.05) is 31.2 Å². The number of carbonyl (C=O) groups excluding carboxylic acids is 2. The van der Waals surface area contributed by atoms with Gasteiger partial charge in [0.2, 0.25) is 5.91 Å². The van der Waals surface area contributed by atoms with E-state index in [9.17, 15) is 19.5 Å². The van der Waals surface area contributed by atoms with E-state index in [2.05, 4.69) is 29.6 Å². The first-order chi connectivity index (χ1) is 16.8. The van der Waals surface area contributed by atoms with Crippen LogP contribution >= 0.6 is 0 Å². The van der Waals surface area contributed by atoms with Crippen LogP contribution in [0.4, 0.5) is 4.79 Å². The Morgan fingerprint density at radius 2 is 1.74 bits per heavy atom. The molecule has 1 saturated heterocycles. The molecule has 7 nitrogen and oxygen atoms in total. The number of fused-ring (bicyclic) bond motifs is 4. The van der Waals surface area contributed by atoms with Crippen molar-refractivity contribution in [2.24, 2.45) is 16.7 Å². The molecule has 0 aromatic heterocycles. The zero-order chi connectivity index (χ0) is 24.4. The summed E-state index contributed by atoms with van der Waals surface area (Å²) in [5, 5.41) is 12.5. The van der Waals surface area contributed by atoms with Gasteiger partial charge < -0.3 is 20.1 Å². The van der Waals surface area contributed by atoms with Crippen molar-refractivity contribution in [1.82, 2.24) is 10.2 Å². The molecular weight excluding hydrogens is 444 g/mol. The standard InChI is InChI=1S/C28H30N2O5/c1-27(24(31)30-14-17-13-28(17,16-30)25(32)33)12-6-11-23(27)29-26(34)35-15-22-20-9-4-2-7-18(20)19-8-3-5-10-21(19)22/h2-5,7-10,17,22-23H,6,11-16H2,1H3,(H,29,34)(H,32,33). The molecule has 2 aromatic carbocycles. The van der Waals surface area contributed by atoms with Crippen molar-refractivity contribution in [3.8, 4) is 11.1 Å². The molecule has 4 atom stereocenters. The minimum Gasteiger partial charge on any atom is -0.481 e. The SMILES string of the molecule is CC1(C(=O)N2CC3CC3(C(=O)O)C2)CCCC1NC(=O)OCC1c2ccccc2-c2ccccc21. The molecule has 7 heteroatoms. The van der Waals surface area contributed by atoms with Gasteiger partial charge in [-0.1, -0.05) is 55.0 Å². The number of aliphatic carboxylic acids is 1. The number of hydrogen-bond acceptors (Lipinski definition) is 4. The van der Waals surface area contributed by atoms with Gasteiger partial charge in [0.25, 0.3) is 0 Å². The summed E-state index contributed by atoms with van der Waals surface area (Å²) in [5.41, 5.74) is 3.16. The first-order valence-corrected chi connectivity index (χ1v) is 12.5. The summed E-state index contributed by atoms with van der Waals surface area (Å²) in [4.78, 5) is 39.7. The number of carboxylic acids is 1. The highest BCUT2D eigenvalue weighted by molar-refractivity contribution is 5.88. The van der Waals surface area contributed by atoms with E-state index in [1.165, 1.54) is 11.1 Å². The third-order valence-electron chi connectivity index (χ3n) is 8.94. The summed E-state index contributed by atoms with van der Waals surface area (Å²) in [7, 11) is 0. The van der Waals surface area contributed by atoms with Crippen LogP contribution in [0.25, 0.3) is 11.1 Å². The van der Waals surface area contributed by atoms with Gasteiger partial charge in [-0.25, -0.2) is 4.79 Å². The third kappa shape index (κ3) is 3.35. The smallest absolute Gasteiger partial charge is 0.407 e. The van der Waals surface area contributed by atoms with Gasteiger partial charge in [0.15, 0.2) is 0 Å². The number of hydrogen-bond donors (Lipinski definition) is 2. The van der Waals surface area contributed by atoms with E-state index in [1.54, 1.807) is 4.90 Å². The molecule has 1 heterocycles. The number of nitrogens with zero attached hydrogens (tertiary/aromatic N) is 1. The summed E-state index contributed by atoms with van der Waals surface area (Å²) in [6.07, 6.45) is 2.35. The highest BCUT2D eigenvalue weighted by Crippen LogP contribution is 2.58. The van der Waals surface area contributed by atoms with Crippen LogP contribution in [0, 0.1) is 16.7 Å². The van der Waals surface area contributed by atoms with Crippen LogP contribution < -0.4 is 5.32 Å². The molecule has 4 aliphatic rings. The van der Waals surface area contributed by atoms with Gasteiger partial charge >= 0.3 is 12.1 Å². The van der Waals surface area contributed by atoms with Gasteiger partial charge in [-0.3, -0.25) is 9.59 Å². The average Bonchev–Trinajstić information content (AvgIpc) is 3.13. The van der Waals surface area contributed by atoms with E-state index in [-0.39, 0.29) is 36.9 Å². The summed E-state index contributed by atoms with van der Waals surface area (Å²) in [6.45, 7) is 2.90. The van der Waals surface area contributed by atoms with Gasteiger partial charge in [-0.15, -0.1) is 0 Å². The average molecular weight is 475 g/mol. The zero-order valence-electron chi connectivity index (χ0n) is 19.8. The van der Waals surface area contributed by atoms with Crippen molar-refractivity contribution < 1.29 is 24.2 Å². The number of nitrogens with one attached hydrogen (secondary N) is 1. The van der Waals surface area contributed by atoms with Gasteiger partial charge in [0.05, 0.1) is 10.8 Å². The number of rotatable bonds is 5. The lowest BCUT2D eigenvalue weighted by molar-refractivity contribution is -0.145. The molecule has 2 amide bonds. The van der Waals surface area contributed by atoms with Crippen LogP contribution in [0.1, 0.15) is 49.7 Å². The molecule has 0 spiro atoms. The number of piperidine rings is 1. The van der Waals surface area contributed by atoms with Crippen LogP contribution in [-0.2, 0) is 14.3 Å². The Labute approximate surface area is 204 Å². The molecule has 2 aromatic rings. The second-order valence-electron chi connectivity index (χ2n) is 10.9. The Bertz CT molecular complexity index is 1180. The fourth-order valence-electron chi connectivity index (χ4n) is 6.77. The van der Waals surface area contributed by atoms with E-state index in [0.29, 0.717) is 25.8 Å². The summed E-state index contributed by atoms with van der Waals surface area (Å²) in [5.74, 6) is -0.815. The van der Waals surface area contributed by atoms with Crippen molar-refractivity contribution in [2.75, 3.05) is 19.7 Å². The molecular formula is C28H30N2O5. The van der Waals surface area contributed by atoms with Crippen LogP contribution in [0.3, 0.4) is 0 Å². The Balaban J connectivity index is 1.11. The summed E-state index contributed by atoms with van der Waals surface area (Å²) in [6, 6.07) is 16.1. The summed E-state index contributed by atoms with van der Waals surface area (Å²) >= 11 is 0. The molecule has 1 aliphatic heterocycles. The van der Waals surface area contributed by atoms with Crippen molar-refractivity contribution in [1.29, 1.82) is 0 Å². The zero-order valence-corrected chi connectivity index (χ0v) is 19.8. The fourth-order valence-corrected chi connectivity index (χ4v) is 6.77. The maximum atomic E-state index is 13.5. The molecule has 0 radical (unpaired) electrons. The van der Waals surface area contributed by atoms with E-state index < -0.39 is 22.9 Å². The topological polar surface area (TPSA) is 95.9 Å². The highest BCUT2D eigenvalue weighted by Gasteiger charge is 2.67. The van der Waals surface area contributed by atoms with Crippen LogP contribution in [-0.4, -0.2) is 53.7 Å². The number of amides is 2. The van der Waals surface area contributed by atoms with Crippen molar-refractivity contribution in [3.63, 3.8) is 0 Å². The van der Waals surface area contributed by atoms with Crippen LogP contribution in [0.15, 0.2) is 48.5 Å². The van der Waals surface area contributed by atoms with Crippen molar-refractivity contribution in [3.05, 3.63) is 59.7 Å². The number of ether oxygens (including phenoxy) is 1. The van der Waals surface area contributed by atoms with Crippen LogP contribution in [0.5, 0.6) is 0 Å². The largest absolute Gasteiger partial charge is 0.481 e. The third-order valence-corrected chi connectivity index (χ3v) is 8.94. The lowest BCUT2D eigenvalue weighted by Crippen LogP contribution is -2.52. The van der Waals surface area contributed by atoms with Gasteiger partial charge in [-0.05, 0) is 54.4 Å². The maximum Gasteiger partial charge on any atom is 0.407 e. The first-order valence-electron chi connectivity index (χ1n) is 12.5. The molecule has 182 valence electrons. The maximum absolute atomic E-state index is 13.5. The Hall–Kier alpha value is -3.35. The summed E-state index contributed by atoms with van der Waals surface area (Å²) < 4.78 is 5.72. The quantitative estimate of drug-likeness (QED) is 0.683. The second-order valence-corrected chi connectivity index (χ2v) is 10.9. The van der Waals surface area contributed by atoms with Gasteiger partial charge in [0, 0.05) is 25.0 Å². The molecule has 35 heavy (non-hydrogen) atoms. The Morgan fingerprint density at radius 3 is 2.37 bits per heavy atom. The fraction of sp³-hybridized carbons (Fsp3) is 0.464. The second kappa shape index (κ2) is 7.83. The predicted octanol–water partition coefficient (Wildman–Crippen LogP) is 4.02. The van der Waals surface area contributed by atoms with E-state index >= 15 is 0 Å². The van der Waals surface area contributed by atoms with Crippen LogP contribution in [0.2, 0.25) is 0 Å². The predicted molar refractivity (Wildman–Crippen MR) is 129 cm³/mol. The Morgan fingerprint density at radius 1 is 1.09 bits per heavy atom. The minimum absolute atomic E-state index is 0.0201. The van der Waals surface area contributed by atoms with E-state index in [4.69, 9.17) is 4.74 Å². The van der Waals surface area contributed by atoms with E-state index in [0.717, 1.165) is 17.5 Å². The van der Waals surface area contributed by atoms with Gasteiger partial charge in [0.1, 0.15) is 6.61 Å². The normalized spacial score (nSPS) is 30.4. The molecule has 4 unspecified atom stereocenters. The number of carbonyl (C=O) groups is 3. The molecule has 6 rings (SSSR count). The number of alkyl carbamates (subject to hydrolysis) is 1. The molecule has 2 N–H and O–H groups in total. The lowest BCUT2D eigenvalue weighted by Gasteiger charge is -2.35. The van der Waals surface area contributed by atoms with Crippen molar-refractivity contribution >= 4 is 18.0 Å².